The summed E-state index contributed by atoms with van der Waals surface area (Å²) < 4.78 is 0. The van der Waals surface area contributed by atoms with Crippen molar-refractivity contribution in [2.75, 3.05) is 18.4 Å². The minimum atomic E-state index is -0.106. The maximum absolute atomic E-state index is 12.3. The van der Waals surface area contributed by atoms with Crippen LogP contribution >= 0.6 is 11.3 Å². The molecule has 0 aliphatic heterocycles. The van der Waals surface area contributed by atoms with E-state index in [1.165, 1.54) is 0 Å². The van der Waals surface area contributed by atoms with Gasteiger partial charge in [-0.1, -0.05) is 13.8 Å². The van der Waals surface area contributed by atoms with Gasteiger partial charge in [-0.25, -0.2) is 9.97 Å². The summed E-state index contributed by atoms with van der Waals surface area (Å²) in [7, 11) is 0. The largest absolute Gasteiger partial charge is 0.369 e. The number of nitrogens with zero attached hydrogens (tertiary/aromatic N) is 2. The molecule has 0 bridgehead atoms. The highest BCUT2D eigenvalue weighted by Gasteiger charge is 2.14. The Bertz CT molecular complexity index is 571. The van der Waals surface area contributed by atoms with E-state index in [-0.39, 0.29) is 11.8 Å². The first kappa shape index (κ1) is 15.4. The number of rotatable bonds is 7. The molecule has 0 aliphatic rings. The van der Waals surface area contributed by atoms with Crippen LogP contribution in [0, 0.1) is 0 Å². The second kappa shape index (κ2) is 7.73. The summed E-state index contributed by atoms with van der Waals surface area (Å²) >= 11 is 1.61. The van der Waals surface area contributed by atoms with Crippen LogP contribution in [0.2, 0.25) is 0 Å². The molecule has 2 rings (SSSR count). The van der Waals surface area contributed by atoms with Crippen molar-refractivity contribution >= 4 is 23.1 Å². The number of aromatic nitrogens is 2. The monoisotopic (exact) mass is 304 g/mol. The summed E-state index contributed by atoms with van der Waals surface area (Å²) in [5.74, 6) is 0.738. The van der Waals surface area contributed by atoms with Crippen molar-refractivity contribution in [1.29, 1.82) is 0 Å². The number of hydrogen-bond donors (Lipinski definition) is 2. The van der Waals surface area contributed by atoms with E-state index in [4.69, 9.17) is 0 Å². The van der Waals surface area contributed by atoms with E-state index in [2.05, 4.69) is 34.4 Å². The average molecular weight is 304 g/mol. The van der Waals surface area contributed by atoms with Gasteiger partial charge in [0.15, 0.2) is 0 Å². The van der Waals surface area contributed by atoms with Crippen molar-refractivity contribution in [1.82, 2.24) is 15.3 Å². The van der Waals surface area contributed by atoms with Gasteiger partial charge in [0.25, 0.3) is 5.91 Å². The van der Waals surface area contributed by atoms with Crippen LogP contribution in [-0.4, -0.2) is 29.0 Å². The fourth-order valence-electron chi connectivity index (χ4n) is 1.88. The van der Waals surface area contributed by atoms with Crippen molar-refractivity contribution < 1.29 is 4.79 Å². The van der Waals surface area contributed by atoms with Crippen LogP contribution in [0.3, 0.4) is 0 Å². The van der Waals surface area contributed by atoms with Crippen LogP contribution in [0.1, 0.15) is 41.6 Å². The molecular weight excluding hydrogens is 284 g/mol. The normalized spacial score (nSPS) is 11.9. The van der Waals surface area contributed by atoms with Gasteiger partial charge in [-0.05, 0) is 18.6 Å². The maximum Gasteiger partial charge on any atom is 0.255 e. The Hall–Kier alpha value is -1.95. The summed E-state index contributed by atoms with van der Waals surface area (Å²) in [6.07, 6.45) is 4.46. The molecule has 5 nitrogen and oxygen atoms in total. The lowest BCUT2D eigenvalue weighted by atomic mass is 10.2. The SMILES string of the molecule is CCCNc1ncccc1C(=O)NCC(C)c1nccs1. The minimum Gasteiger partial charge on any atom is -0.369 e. The van der Waals surface area contributed by atoms with Crippen molar-refractivity contribution in [3.8, 4) is 0 Å². The molecule has 0 saturated heterocycles. The molecule has 1 unspecified atom stereocenters. The lowest BCUT2D eigenvalue weighted by Gasteiger charge is -2.12. The van der Waals surface area contributed by atoms with E-state index < -0.39 is 0 Å². The van der Waals surface area contributed by atoms with E-state index in [0.717, 1.165) is 18.0 Å². The van der Waals surface area contributed by atoms with Crippen LogP contribution in [0.4, 0.5) is 5.82 Å². The molecular formula is C15H20N4OS. The van der Waals surface area contributed by atoms with Crippen LogP contribution in [0.25, 0.3) is 0 Å². The second-order valence-corrected chi connectivity index (χ2v) is 5.73. The van der Waals surface area contributed by atoms with Crippen LogP contribution in [0.15, 0.2) is 29.9 Å². The fourth-order valence-corrected chi connectivity index (χ4v) is 2.58. The van der Waals surface area contributed by atoms with Gasteiger partial charge in [-0.3, -0.25) is 4.79 Å². The molecule has 2 aromatic heterocycles. The van der Waals surface area contributed by atoms with Gasteiger partial charge < -0.3 is 10.6 Å². The Morgan fingerprint density at radius 1 is 1.38 bits per heavy atom. The molecule has 0 aliphatic carbocycles. The molecule has 6 heteroatoms. The van der Waals surface area contributed by atoms with Crippen molar-refractivity contribution in [3.63, 3.8) is 0 Å². The van der Waals surface area contributed by atoms with Gasteiger partial charge in [0, 0.05) is 36.8 Å². The minimum absolute atomic E-state index is 0.106. The number of nitrogens with one attached hydrogen (secondary N) is 2. The maximum atomic E-state index is 12.3. The Morgan fingerprint density at radius 2 is 2.24 bits per heavy atom. The lowest BCUT2D eigenvalue weighted by molar-refractivity contribution is 0.0952. The third-order valence-electron chi connectivity index (χ3n) is 3.04. The average Bonchev–Trinajstić information content (AvgIpc) is 3.05. The quantitative estimate of drug-likeness (QED) is 0.825. The van der Waals surface area contributed by atoms with Crippen molar-refractivity contribution in [2.45, 2.75) is 26.2 Å². The smallest absolute Gasteiger partial charge is 0.255 e. The zero-order valence-corrected chi connectivity index (χ0v) is 13.1. The van der Waals surface area contributed by atoms with Crippen molar-refractivity contribution in [3.05, 3.63) is 40.5 Å². The molecule has 1 atom stereocenters. The summed E-state index contributed by atoms with van der Waals surface area (Å²) in [4.78, 5) is 20.8. The highest BCUT2D eigenvalue weighted by Crippen LogP contribution is 2.17. The number of amides is 1. The van der Waals surface area contributed by atoms with Crippen LogP contribution in [-0.2, 0) is 0 Å². The van der Waals surface area contributed by atoms with Crippen LogP contribution < -0.4 is 10.6 Å². The molecule has 2 N–H and O–H groups in total. The number of pyridine rings is 1. The zero-order valence-electron chi connectivity index (χ0n) is 12.3. The molecule has 1 amide bonds. The Labute approximate surface area is 128 Å². The first-order valence-corrected chi connectivity index (χ1v) is 7.96. The predicted octanol–water partition coefficient (Wildman–Crippen LogP) is 2.89. The number of anilines is 1. The summed E-state index contributed by atoms with van der Waals surface area (Å²) in [5, 5.41) is 9.11. The molecule has 112 valence electrons. The zero-order chi connectivity index (χ0) is 15.1. The molecule has 2 aromatic rings. The number of carbonyl (C=O) groups is 1. The van der Waals surface area contributed by atoms with Gasteiger partial charge in [0.05, 0.1) is 10.6 Å². The standard InChI is InChI=1S/C15H20N4OS/c1-3-6-16-13-12(5-4-7-17-13)14(20)19-10-11(2)15-18-8-9-21-15/h4-5,7-9,11H,3,6,10H2,1-2H3,(H,16,17)(H,19,20). The topological polar surface area (TPSA) is 66.9 Å². The Morgan fingerprint density at radius 3 is 2.95 bits per heavy atom. The van der Waals surface area contributed by atoms with E-state index >= 15 is 0 Å². The third-order valence-corrected chi connectivity index (χ3v) is 4.04. The summed E-state index contributed by atoms with van der Waals surface area (Å²) in [6, 6.07) is 3.56. The number of hydrogen-bond acceptors (Lipinski definition) is 5. The molecule has 2 heterocycles. The van der Waals surface area contributed by atoms with E-state index in [1.54, 1.807) is 35.9 Å². The summed E-state index contributed by atoms with van der Waals surface area (Å²) in [5.41, 5.74) is 0.581. The van der Waals surface area contributed by atoms with Gasteiger partial charge in [0.2, 0.25) is 0 Å². The Kier molecular flexibility index (Phi) is 5.68. The first-order chi connectivity index (χ1) is 10.2. The first-order valence-electron chi connectivity index (χ1n) is 7.08. The second-order valence-electron chi connectivity index (χ2n) is 4.81. The highest BCUT2D eigenvalue weighted by atomic mass is 32.1. The number of thiazole rings is 1. The summed E-state index contributed by atoms with van der Waals surface area (Å²) in [6.45, 7) is 5.49. The van der Waals surface area contributed by atoms with Crippen molar-refractivity contribution in [2.24, 2.45) is 0 Å². The molecule has 0 fully saturated rings. The van der Waals surface area contributed by atoms with Crippen LogP contribution in [0.5, 0.6) is 0 Å². The molecule has 0 aromatic carbocycles. The molecule has 0 saturated carbocycles. The van der Waals surface area contributed by atoms with Gasteiger partial charge in [-0.15, -0.1) is 11.3 Å². The van der Waals surface area contributed by atoms with E-state index in [1.807, 2.05) is 5.38 Å². The molecule has 0 radical (unpaired) electrons. The predicted molar refractivity (Wildman–Crippen MR) is 85.9 cm³/mol. The van der Waals surface area contributed by atoms with E-state index in [0.29, 0.717) is 17.9 Å². The highest BCUT2D eigenvalue weighted by molar-refractivity contribution is 7.09. The van der Waals surface area contributed by atoms with Gasteiger partial charge in [0.1, 0.15) is 5.82 Å². The Balaban J connectivity index is 1.97. The van der Waals surface area contributed by atoms with E-state index in [9.17, 15) is 4.79 Å². The van der Waals surface area contributed by atoms with Gasteiger partial charge in [-0.2, -0.15) is 0 Å². The lowest BCUT2D eigenvalue weighted by Crippen LogP contribution is -2.28. The fraction of sp³-hybridized carbons (Fsp3) is 0.400. The third kappa shape index (κ3) is 4.26. The molecule has 21 heavy (non-hydrogen) atoms. The van der Waals surface area contributed by atoms with Gasteiger partial charge >= 0.3 is 0 Å². The molecule has 0 spiro atoms. The number of carbonyl (C=O) groups excluding carboxylic acids is 1.